The summed E-state index contributed by atoms with van der Waals surface area (Å²) >= 11 is 0. The van der Waals surface area contributed by atoms with Crippen molar-refractivity contribution in [3.8, 4) is 22.8 Å². The van der Waals surface area contributed by atoms with Gasteiger partial charge in [0.2, 0.25) is 0 Å². The predicted molar refractivity (Wildman–Crippen MR) is 107 cm³/mol. The van der Waals surface area contributed by atoms with Gasteiger partial charge in [0.25, 0.3) is 0 Å². The fraction of sp³-hybridized carbons (Fsp3) is 0.150. The number of ether oxygens (including phenoxy) is 2. The average molecular weight is 377 g/mol. The lowest BCUT2D eigenvalue weighted by Gasteiger charge is -2.16. The normalized spacial score (nSPS) is 11.9. The molecule has 0 fully saturated rings. The SMILES string of the molecule is COc1cc2c(-c3ccc(C(N)=NO)cc3)nc3[nH]ncc3c2c(C)c1OC. The van der Waals surface area contributed by atoms with E-state index < -0.39 is 0 Å². The zero-order chi connectivity index (χ0) is 19.8. The number of fused-ring (bicyclic) bond motifs is 3. The van der Waals surface area contributed by atoms with Crippen LogP contribution >= 0.6 is 0 Å². The number of rotatable bonds is 4. The minimum absolute atomic E-state index is 0.0515. The molecule has 2 heterocycles. The van der Waals surface area contributed by atoms with Gasteiger partial charge in [0.1, 0.15) is 0 Å². The predicted octanol–water partition coefficient (Wildman–Crippen LogP) is 3.20. The number of amidine groups is 1. The Balaban J connectivity index is 2.06. The van der Waals surface area contributed by atoms with Crippen LogP contribution in [-0.4, -0.2) is 40.4 Å². The monoisotopic (exact) mass is 377 g/mol. The number of aromatic nitrogens is 3. The molecule has 0 atom stereocenters. The van der Waals surface area contributed by atoms with E-state index in [0.717, 1.165) is 33.0 Å². The van der Waals surface area contributed by atoms with Crippen LogP contribution in [0.2, 0.25) is 0 Å². The quantitative estimate of drug-likeness (QED) is 0.217. The molecule has 0 bridgehead atoms. The van der Waals surface area contributed by atoms with Crippen LogP contribution in [-0.2, 0) is 0 Å². The summed E-state index contributed by atoms with van der Waals surface area (Å²) < 4.78 is 11.1. The van der Waals surface area contributed by atoms with Gasteiger partial charge in [0, 0.05) is 32.8 Å². The molecule has 0 amide bonds. The highest BCUT2D eigenvalue weighted by molar-refractivity contribution is 6.13. The molecule has 142 valence electrons. The number of nitrogens with zero attached hydrogens (tertiary/aromatic N) is 3. The Morgan fingerprint density at radius 2 is 1.89 bits per heavy atom. The number of oxime groups is 1. The number of pyridine rings is 1. The van der Waals surface area contributed by atoms with Crippen molar-refractivity contribution >= 4 is 27.6 Å². The summed E-state index contributed by atoms with van der Waals surface area (Å²) in [5, 5.41) is 21.8. The van der Waals surface area contributed by atoms with Crippen molar-refractivity contribution in [3.63, 3.8) is 0 Å². The third-order valence-corrected chi connectivity index (χ3v) is 4.84. The number of nitrogens with two attached hydrogens (primary N) is 1. The third-order valence-electron chi connectivity index (χ3n) is 4.84. The summed E-state index contributed by atoms with van der Waals surface area (Å²) in [6.07, 6.45) is 1.76. The number of aromatic amines is 1. The first-order valence-corrected chi connectivity index (χ1v) is 8.55. The zero-order valence-electron chi connectivity index (χ0n) is 15.6. The van der Waals surface area contributed by atoms with Crippen LogP contribution in [0.3, 0.4) is 0 Å². The Hall–Kier alpha value is -3.81. The Kier molecular flexibility index (Phi) is 4.23. The van der Waals surface area contributed by atoms with Gasteiger partial charge in [0.15, 0.2) is 23.0 Å². The molecular formula is C20H19N5O3. The minimum Gasteiger partial charge on any atom is -0.493 e. The maximum absolute atomic E-state index is 8.86. The smallest absolute Gasteiger partial charge is 0.170 e. The molecule has 0 spiro atoms. The van der Waals surface area contributed by atoms with Crippen LogP contribution in [0.5, 0.6) is 11.5 Å². The second kappa shape index (κ2) is 6.73. The number of aryl methyl sites for hydroxylation is 1. The van der Waals surface area contributed by atoms with Crippen molar-refractivity contribution in [1.82, 2.24) is 15.2 Å². The molecule has 0 aliphatic carbocycles. The molecule has 0 aliphatic heterocycles. The fourth-order valence-electron chi connectivity index (χ4n) is 3.50. The van der Waals surface area contributed by atoms with Gasteiger partial charge in [-0.2, -0.15) is 5.10 Å². The van der Waals surface area contributed by atoms with Gasteiger partial charge in [0.05, 0.1) is 26.1 Å². The molecule has 8 nitrogen and oxygen atoms in total. The molecule has 2 aromatic carbocycles. The number of hydrogen-bond donors (Lipinski definition) is 3. The molecule has 28 heavy (non-hydrogen) atoms. The summed E-state index contributed by atoms with van der Waals surface area (Å²) in [6.45, 7) is 1.99. The van der Waals surface area contributed by atoms with Crippen molar-refractivity contribution in [1.29, 1.82) is 0 Å². The fourth-order valence-corrected chi connectivity index (χ4v) is 3.50. The van der Waals surface area contributed by atoms with E-state index in [4.69, 9.17) is 25.4 Å². The molecule has 4 rings (SSSR count). The first-order valence-electron chi connectivity index (χ1n) is 8.55. The van der Waals surface area contributed by atoms with Gasteiger partial charge >= 0.3 is 0 Å². The maximum Gasteiger partial charge on any atom is 0.170 e. The molecule has 0 saturated heterocycles. The molecule has 4 aromatic rings. The Labute approximate surface area is 160 Å². The van der Waals surface area contributed by atoms with Crippen LogP contribution in [0.1, 0.15) is 11.1 Å². The van der Waals surface area contributed by atoms with Crippen LogP contribution in [0.15, 0.2) is 41.7 Å². The van der Waals surface area contributed by atoms with Crippen molar-refractivity contribution < 1.29 is 14.7 Å². The summed E-state index contributed by atoms with van der Waals surface area (Å²) in [4.78, 5) is 4.78. The van der Waals surface area contributed by atoms with Gasteiger partial charge < -0.3 is 20.4 Å². The summed E-state index contributed by atoms with van der Waals surface area (Å²) in [6, 6.07) is 9.24. The minimum atomic E-state index is 0.0515. The second-order valence-electron chi connectivity index (χ2n) is 6.31. The highest BCUT2D eigenvalue weighted by Crippen LogP contribution is 2.42. The van der Waals surface area contributed by atoms with E-state index in [1.807, 2.05) is 25.1 Å². The van der Waals surface area contributed by atoms with Crippen LogP contribution in [0, 0.1) is 6.92 Å². The van der Waals surface area contributed by atoms with Crippen LogP contribution in [0.4, 0.5) is 0 Å². The third kappa shape index (κ3) is 2.58. The van der Waals surface area contributed by atoms with E-state index in [1.54, 1.807) is 32.5 Å². The Morgan fingerprint density at radius 1 is 1.14 bits per heavy atom. The van der Waals surface area contributed by atoms with Gasteiger partial charge in [-0.1, -0.05) is 29.4 Å². The van der Waals surface area contributed by atoms with Gasteiger partial charge in [-0.25, -0.2) is 4.98 Å². The molecule has 0 saturated carbocycles. The summed E-state index contributed by atoms with van der Waals surface area (Å²) in [5.74, 6) is 1.36. The highest BCUT2D eigenvalue weighted by Gasteiger charge is 2.19. The number of H-pyrrole nitrogens is 1. The summed E-state index contributed by atoms with van der Waals surface area (Å²) in [7, 11) is 3.23. The lowest BCUT2D eigenvalue weighted by molar-refractivity contribution is 0.318. The second-order valence-corrected chi connectivity index (χ2v) is 6.31. The van der Waals surface area contributed by atoms with E-state index in [1.165, 1.54) is 0 Å². The molecule has 0 radical (unpaired) electrons. The molecule has 4 N–H and O–H groups in total. The van der Waals surface area contributed by atoms with E-state index in [-0.39, 0.29) is 5.84 Å². The largest absolute Gasteiger partial charge is 0.493 e. The van der Waals surface area contributed by atoms with Crippen molar-refractivity contribution in [3.05, 3.63) is 47.7 Å². The van der Waals surface area contributed by atoms with Gasteiger partial charge in [-0.05, 0) is 13.0 Å². The molecule has 8 heteroatoms. The number of hydrogen-bond acceptors (Lipinski definition) is 6. The Bertz CT molecular complexity index is 1210. The molecule has 0 unspecified atom stereocenters. The highest BCUT2D eigenvalue weighted by atomic mass is 16.5. The standard InChI is InChI=1S/C20H19N5O3/c1-10-16-13(8-15(27-2)18(10)28-3)17(23-20-14(16)9-22-24-20)11-4-6-12(7-5-11)19(21)25-26/h4-9,26H,1-3H3,(H2,21,25)(H,22,23,24). The van der Waals surface area contributed by atoms with Crippen molar-refractivity contribution in [2.75, 3.05) is 14.2 Å². The molecule has 2 aromatic heterocycles. The van der Waals surface area contributed by atoms with E-state index >= 15 is 0 Å². The number of nitrogens with one attached hydrogen (secondary N) is 1. The molecular weight excluding hydrogens is 358 g/mol. The first kappa shape index (κ1) is 17.6. The maximum atomic E-state index is 8.86. The van der Waals surface area contributed by atoms with E-state index in [9.17, 15) is 0 Å². The number of methoxy groups -OCH3 is 2. The van der Waals surface area contributed by atoms with E-state index in [0.29, 0.717) is 22.7 Å². The van der Waals surface area contributed by atoms with Gasteiger partial charge in [-0.15, -0.1) is 0 Å². The van der Waals surface area contributed by atoms with E-state index in [2.05, 4.69) is 15.4 Å². The number of benzene rings is 2. The topological polar surface area (TPSA) is 119 Å². The lowest BCUT2D eigenvalue weighted by atomic mass is 9.97. The molecule has 0 aliphatic rings. The van der Waals surface area contributed by atoms with Gasteiger partial charge in [-0.3, -0.25) is 5.10 Å². The van der Waals surface area contributed by atoms with Crippen molar-refractivity contribution in [2.24, 2.45) is 10.9 Å². The zero-order valence-corrected chi connectivity index (χ0v) is 15.6. The van der Waals surface area contributed by atoms with Crippen molar-refractivity contribution in [2.45, 2.75) is 6.92 Å². The first-order chi connectivity index (χ1) is 13.6. The Morgan fingerprint density at radius 3 is 2.54 bits per heavy atom. The van der Waals surface area contributed by atoms with Crippen LogP contribution in [0.25, 0.3) is 33.1 Å². The average Bonchev–Trinajstić information content (AvgIpc) is 3.20. The summed E-state index contributed by atoms with van der Waals surface area (Å²) in [5.41, 5.74) is 9.55. The lowest BCUT2D eigenvalue weighted by Crippen LogP contribution is -2.12. The van der Waals surface area contributed by atoms with Crippen LogP contribution < -0.4 is 15.2 Å².